The summed E-state index contributed by atoms with van der Waals surface area (Å²) in [4.78, 5) is 31.7. The number of rotatable bonds is 5. The second-order valence-electron chi connectivity index (χ2n) is 7.03. The van der Waals surface area contributed by atoms with Crippen LogP contribution in [0.4, 0.5) is 5.13 Å². The molecular weight excluding hydrogens is 382 g/mol. The van der Waals surface area contributed by atoms with Gasteiger partial charge in [-0.2, -0.15) is 0 Å². The summed E-state index contributed by atoms with van der Waals surface area (Å²) in [6.07, 6.45) is 6.04. The highest BCUT2D eigenvalue weighted by Crippen LogP contribution is 2.33. The monoisotopic (exact) mass is 403 g/mol. The summed E-state index contributed by atoms with van der Waals surface area (Å²) >= 11 is 3.01. The summed E-state index contributed by atoms with van der Waals surface area (Å²) in [6, 6.07) is 0. The van der Waals surface area contributed by atoms with Gasteiger partial charge in [-0.05, 0) is 31.2 Å². The minimum absolute atomic E-state index is 0.0368. The Bertz CT molecular complexity index is 1050. The lowest BCUT2D eigenvalue weighted by Gasteiger charge is -2.10. The maximum Gasteiger partial charge on any atom is 0.262 e. The first kappa shape index (κ1) is 18.2. The number of nitrogens with zero attached hydrogens (tertiary/aromatic N) is 4. The van der Waals surface area contributed by atoms with Crippen molar-refractivity contribution in [2.45, 2.75) is 58.4 Å². The molecule has 7 nitrogen and oxygen atoms in total. The van der Waals surface area contributed by atoms with E-state index in [0.29, 0.717) is 11.7 Å². The van der Waals surface area contributed by atoms with E-state index in [9.17, 15) is 9.59 Å². The van der Waals surface area contributed by atoms with Gasteiger partial charge >= 0.3 is 0 Å². The van der Waals surface area contributed by atoms with Gasteiger partial charge in [-0.25, -0.2) is 4.98 Å². The maximum absolute atomic E-state index is 12.9. The topological polar surface area (TPSA) is 89.8 Å². The zero-order chi connectivity index (χ0) is 19.0. The quantitative estimate of drug-likeness (QED) is 0.706. The van der Waals surface area contributed by atoms with Gasteiger partial charge in [0.1, 0.15) is 9.84 Å². The van der Waals surface area contributed by atoms with E-state index in [-0.39, 0.29) is 23.8 Å². The number of anilines is 1. The molecule has 0 fully saturated rings. The number of aryl methyl sites for hydroxylation is 3. The molecule has 3 heterocycles. The van der Waals surface area contributed by atoms with Crippen molar-refractivity contribution in [3.05, 3.63) is 32.1 Å². The number of aromatic nitrogens is 4. The molecule has 0 radical (unpaired) electrons. The van der Waals surface area contributed by atoms with Crippen molar-refractivity contribution in [3.8, 4) is 0 Å². The Balaban J connectivity index is 1.47. The molecule has 1 aliphatic carbocycles. The van der Waals surface area contributed by atoms with Gasteiger partial charge < -0.3 is 5.32 Å². The standard InChI is InChI=1S/C18H21N5O2S2/c1-10(2)15-21-22-18(27-15)20-13(24)7-8-23-9-19-16-14(17(23)25)11-5-3-4-6-12(11)26-16/h9-10H,3-8H2,1-2H3,(H,20,22,24). The third-order valence-corrected chi connectivity index (χ3v) is 7.04. The van der Waals surface area contributed by atoms with Crippen LogP contribution >= 0.6 is 22.7 Å². The zero-order valence-corrected chi connectivity index (χ0v) is 17.0. The summed E-state index contributed by atoms with van der Waals surface area (Å²) in [7, 11) is 0. The van der Waals surface area contributed by atoms with Gasteiger partial charge in [0, 0.05) is 23.8 Å². The number of fused-ring (bicyclic) bond motifs is 3. The molecule has 4 rings (SSSR count). The van der Waals surface area contributed by atoms with E-state index in [1.807, 2.05) is 13.8 Å². The van der Waals surface area contributed by atoms with E-state index in [0.717, 1.165) is 34.5 Å². The normalized spacial score (nSPS) is 13.9. The molecule has 0 bridgehead atoms. The summed E-state index contributed by atoms with van der Waals surface area (Å²) in [5.41, 5.74) is 1.14. The molecule has 0 aliphatic heterocycles. The second kappa shape index (κ2) is 7.47. The van der Waals surface area contributed by atoms with E-state index in [1.54, 1.807) is 22.2 Å². The molecule has 142 valence electrons. The van der Waals surface area contributed by atoms with Gasteiger partial charge in [-0.1, -0.05) is 25.2 Å². The molecule has 0 aromatic carbocycles. The van der Waals surface area contributed by atoms with E-state index < -0.39 is 0 Å². The molecule has 0 atom stereocenters. The number of carbonyl (C=O) groups excluding carboxylic acids is 1. The first-order valence-electron chi connectivity index (χ1n) is 9.16. The van der Waals surface area contributed by atoms with Gasteiger partial charge in [-0.15, -0.1) is 21.5 Å². The molecule has 3 aromatic rings. The highest BCUT2D eigenvalue weighted by atomic mass is 32.1. The van der Waals surface area contributed by atoms with Crippen LogP contribution in [0.2, 0.25) is 0 Å². The molecule has 27 heavy (non-hydrogen) atoms. The lowest BCUT2D eigenvalue weighted by molar-refractivity contribution is -0.116. The Hall–Kier alpha value is -2.13. The second-order valence-corrected chi connectivity index (χ2v) is 9.13. The molecular formula is C18H21N5O2S2. The van der Waals surface area contributed by atoms with Crippen LogP contribution in [-0.4, -0.2) is 25.7 Å². The number of amides is 1. The summed E-state index contributed by atoms with van der Waals surface area (Å²) < 4.78 is 1.54. The smallest absolute Gasteiger partial charge is 0.262 e. The molecule has 9 heteroatoms. The van der Waals surface area contributed by atoms with Crippen molar-refractivity contribution in [2.75, 3.05) is 5.32 Å². The van der Waals surface area contributed by atoms with Gasteiger partial charge in [-0.3, -0.25) is 14.2 Å². The fourth-order valence-electron chi connectivity index (χ4n) is 3.26. The number of carbonyl (C=O) groups is 1. The minimum Gasteiger partial charge on any atom is -0.300 e. The largest absolute Gasteiger partial charge is 0.300 e. The molecule has 1 N–H and O–H groups in total. The highest BCUT2D eigenvalue weighted by Gasteiger charge is 2.20. The number of nitrogens with one attached hydrogen (secondary N) is 1. The fourth-order valence-corrected chi connectivity index (χ4v) is 5.24. The van der Waals surface area contributed by atoms with Gasteiger partial charge in [0.25, 0.3) is 5.56 Å². The van der Waals surface area contributed by atoms with Gasteiger partial charge in [0.15, 0.2) is 0 Å². The number of hydrogen-bond donors (Lipinski definition) is 1. The Labute approximate surface area is 164 Å². The average Bonchev–Trinajstić information content (AvgIpc) is 3.25. The number of thiophene rings is 1. The molecule has 0 saturated heterocycles. The van der Waals surface area contributed by atoms with E-state index in [4.69, 9.17) is 0 Å². The zero-order valence-electron chi connectivity index (χ0n) is 15.3. The predicted octanol–water partition coefficient (Wildman–Crippen LogP) is 3.34. The fraction of sp³-hybridized carbons (Fsp3) is 0.500. The summed E-state index contributed by atoms with van der Waals surface area (Å²) in [6.45, 7) is 4.36. The average molecular weight is 404 g/mol. The van der Waals surface area contributed by atoms with Crippen molar-refractivity contribution >= 4 is 43.9 Å². The third kappa shape index (κ3) is 3.66. The Morgan fingerprint density at radius 3 is 2.85 bits per heavy atom. The first-order valence-corrected chi connectivity index (χ1v) is 10.8. The van der Waals surface area contributed by atoms with Crippen molar-refractivity contribution < 1.29 is 4.79 Å². The highest BCUT2D eigenvalue weighted by molar-refractivity contribution is 7.18. The van der Waals surface area contributed by atoms with Crippen molar-refractivity contribution in [3.63, 3.8) is 0 Å². The first-order chi connectivity index (χ1) is 13.0. The summed E-state index contributed by atoms with van der Waals surface area (Å²) in [5, 5.41) is 12.9. The SMILES string of the molecule is CC(C)c1nnc(NC(=O)CCn2cnc3sc4c(c3c2=O)CCCC4)s1. The Kier molecular flexibility index (Phi) is 5.05. The molecule has 0 spiro atoms. The molecule has 0 saturated carbocycles. The third-order valence-electron chi connectivity index (χ3n) is 4.70. The molecule has 1 aliphatic rings. The minimum atomic E-state index is -0.180. The molecule has 3 aromatic heterocycles. The van der Waals surface area contributed by atoms with Crippen LogP contribution in [-0.2, 0) is 24.2 Å². The molecule has 0 unspecified atom stereocenters. The van der Waals surface area contributed by atoms with E-state index >= 15 is 0 Å². The van der Waals surface area contributed by atoms with E-state index in [1.165, 1.54) is 28.2 Å². The van der Waals surface area contributed by atoms with E-state index in [2.05, 4.69) is 20.5 Å². The lowest BCUT2D eigenvalue weighted by Crippen LogP contribution is -2.24. The van der Waals surface area contributed by atoms with Crippen LogP contribution < -0.4 is 10.9 Å². The van der Waals surface area contributed by atoms with Gasteiger partial charge in [0.2, 0.25) is 11.0 Å². The van der Waals surface area contributed by atoms with Crippen molar-refractivity contribution in [1.82, 2.24) is 19.7 Å². The summed E-state index contributed by atoms with van der Waals surface area (Å²) in [5.74, 6) is 0.0990. The predicted molar refractivity (Wildman–Crippen MR) is 108 cm³/mol. The molecule has 1 amide bonds. The van der Waals surface area contributed by atoms with Gasteiger partial charge in [0.05, 0.1) is 11.7 Å². The number of hydrogen-bond acceptors (Lipinski definition) is 7. The van der Waals surface area contributed by atoms with Crippen LogP contribution in [0.5, 0.6) is 0 Å². The van der Waals surface area contributed by atoms with Crippen LogP contribution in [0, 0.1) is 0 Å². The lowest BCUT2D eigenvalue weighted by atomic mass is 9.97. The maximum atomic E-state index is 12.9. The Morgan fingerprint density at radius 1 is 1.26 bits per heavy atom. The van der Waals surface area contributed by atoms with Crippen LogP contribution in [0.25, 0.3) is 10.2 Å². The van der Waals surface area contributed by atoms with Crippen LogP contribution in [0.3, 0.4) is 0 Å². The van der Waals surface area contributed by atoms with Crippen LogP contribution in [0.1, 0.15) is 54.5 Å². The van der Waals surface area contributed by atoms with Crippen molar-refractivity contribution in [1.29, 1.82) is 0 Å². The van der Waals surface area contributed by atoms with Crippen LogP contribution in [0.15, 0.2) is 11.1 Å². The van der Waals surface area contributed by atoms with Crippen molar-refractivity contribution in [2.24, 2.45) is 0 Å². The Morgan fingerprint density at radius 2 is 2.07 bits per heavy atom.